The Hall–Kier alpha value is -3.14. The van der Waals surface area contributed by atoms with E-state index in [9.17, 15) is 9.59 Å². The smallest absolute Gasteiger partial charge is 0.342 e. The molecule has 0 bridgehead atoms. The van der Waals surface area contributed by atoms with Crippen molar-refractivity contribution in [2.75, 3.05) is 0 Å². The van der Waals surface area contributed by atoms with E-state index in [0.29, 0.717) is 11.1 Å². The van der Waals surface area contributed by atoms with E-state index >= 15 is 0 Å². The van der Waals surface area contributed by atoms with Gasteiger partial charge >= 0.3 is 11.9 Å². The highest BCUT2D eigenvalue weighted by Crippen LogP contribution is 2.39. The van der Waals surface area contributed by atoms with E-state index < -0.39 is 17.7 Å². The maximum atomic E-state index is 12.2. The zero-order valence-corrected chi connectivity index (χ0v) is 12.1. The summed E-state index contributed by atoms with van der Waals surface area (Å²) in [6.45, 7) is 0. The zero-order valence-electron chi connectivity index (χ0n) is 12.1. The van der Waals surface area contributed by atoms with Gasteiger partial charge in [-0.15, -0.1) is 0 Å². The van der Waals surface area contributed by atoms with E-state index in [1.54, 1.807) is 12.2 Å². The molecule has 4 nitrogen and oxygen atoms in total. The van der Waals surface area contributed by atoms with E-state index in [2.05, 4.69) is 0 Å². The lowest BCUT2D eigenvalue weighted by atomic mass is 10.0. The van der Waals surface area contributed by atoms with Crippen LogP contribution >= 0.6 is 0 Å². The number of ether oxygens (including phenoxy) is 2. The third-order valence-corrected chi connectivity index (χ3v) is 3.80. The minimum Gasteiger partial charge on any atom is -0.411 e. The number of carbonyl (C=O) groups excluding carboxylic acids is 2. The molecule has 4 rings (SSSR count). The van der Waals surface area contributed by atoms with Gasteiger partial charge in [0.15, 0.2) is 0 Å². The second kappa shape index (κ2) is 4.95. The summed E-state index contributed by atoms with van der Waals surface area (Å²) in [5, 5.41) is 0. The van der Waals surface area contributed by atoms with Crippen LogP contribution < -0.4 is 0 Å². The SMILES string of the molecule is O=C1OC2(C=C1c1ccccc1)C=C(c1ccccc1)C(=O)O2. The number of hydrogen-bond acceptors (Lipinski definition) is 4. The molecule has 112 valence electrons. The summed E-state index contributed by atoms with van der Waals surface area (Å²) in [5.74, 6) is -2.45. The fourth-order valence-corrected chi connectivity index (χ4v) is 2.74. The third kappa shape index (κ3) is 2.25. The van der Waals surface area contributed by atoms with Gasteiger partial charge in [0.25, 0.3) is 5.79 Å². The van der Waals surface area contributed by atoms with Gasteiger partial charge in [0, 0.05) is 12.2 Å². The van der Waals surface area contributed by atoms with Gasteiger partial charge in [-0.05, 0) is 11.1 Å². The van der Waals surface area contributed by atoms with Crippen molar-refractivity contribution in [3.63, 3.8) is 0 Å². The molecule has 0 aromatic heterocycles. The lowest BCUT2D eigenvalue weighted by Crippen LogP contribution is -2.27. The first-order valence-corrected chi connectivity index (χ1v) is 7.20. The summed E-state index contributed by atoms with van der Waals surface area (Å²) >= 11 is 0. The second-order valence-electron chi connectivity index (χ2n) is 5.35. The van der Waals surface area contributed by atoms with Gasteiger partial charge in [-0.25, -0.2) is 9.59 Å². The molecule has 0 atom stereocenters. The molecule has 0 fully saturated rings. The standard InChI is InChI=1S/C19H12O4/c20-17-15(13-7-3-1-4-8-13)11-19(22-17)12-16(18(21)23-19)14-9-5-2-6-10-14/h1-12H. The first-order chi connectivity index (χ1) is 11.2. The Morgan fingerprint density at radius 3 is 1.39 bits per heavy atom. The molecule has 0 saturated heterocycles. The van der Waals surface area contributed by atoms with Gasteiger partial charge in [-0.2, -0.15) is 0 Å². The van der Waals surface area contributed by atoms with Crippen molar-refractivity contribution in [2.24, 2.45) is 0 Å². The van der Waals surface area contributed by atoms with Crippen molar-refractivity contribution in [2.45, 2.75) is 5.79 Å². The van der Waals surface area contributed by atoms with Crippen LogP contribution in [-0.4, -0.2) is 17.7 Å². The summed E-state index contributed by atoms with van der Waals surface area (Å²) < 4.78 is 10.7. The van der Waals surface area contributed by atoms with E-state index in [-0.39, 0.29) is 0 Å². The Balaban J connectivity index is 1.76. The van der Waals surface area contributed by atoms with Crippen LogP contribution in [0.2, 0.25) is 0 Å². The summed E-state index contributed by atoms with van der Waals surface area (Å²) in [5.41, 5.74) is 2.24. The van der Waals surface area contributed by atoms with Crippen LogP contribution in [0.1, 0.15) is 11.1 Å². The summed E-state index contributed by atoms with van der Waals surface area (Å²) in [7, 11) is 0. The average Bonchev–Trinajstić information content (AvgIpc) is 3.07. The molecule has 1 spiro atoms. The summed E-state index contributed by atoms with van der Waals surface area (Å²) in [4.78, 5) is 24.3. The normalized spacial score (nSPS) is 18.4. The highest BCUT2D eigenvalue weighted by Gasteiger charge is 2.48. The molecule has 2 aromatic carbocycles. The number of hydrogen-bond donors (Lipinski definition) is 0. The molecule has 4 heteroatoms. The van der Waals surface area contributed by atoms with Crippen molar-refractivity contribution in [3.8, 4) is 0 Å². The van der Waals surface area contributed by atoms with Crippen LogP contribution in [0.15, 0.2) is 72.8 Å². The molecule has 2 heterocycles. The van der Waals surface area contributed by atoms with Gasteiger partial charge < -0.3 is 9.47 Å². The molecule has 0 amide bonds. The maximum Gasteiger partial charge on any atom is 0.342 e. The van der Waals surface area contributed by atoms with Crippen LogP contribution in [0.3, 0.4) is 0 Å². The Labute approximate surface area is 132 Å². The van der Waals surface area contributed by atoms with E-state index in [1.807, 2.05) is 60.7 Å². The van der Waals surface area contributed by atoms with Crippen molar-refractivity contribution in [3.05, 3.63) is 83.9 Å². The Kier molecular flexibility index (Phi) is 2.91. The van der Waals surface area contributed by atoms with Crippen LogP contribution in [-0.2, 0) is 19.1 Å². The predicted molar refractivity (Wildman–Crippen MR) is 83.8 cm³/mol. The molecule has 0 unspecified atom stereocenters. The zero-order chi connectivity index (χ0) is 15.9. The Bertz CT molecular complexity index is 774. The lowest BCUT2D eigenvalue weighted by molar-refractivity contribution is -0.181. The van der Waals surface area contributed by atoms with Gasteiger partial charge in [0.2, 0.25) is 0 Å². The molecule has 23 heavy (non-hydrogen) atoms. The fraction of sp³-hybridized carbons (Fsp3) is 0.0526. The molecule has 2 aliphatic heterocycles. The van der Waals surface area contributed by atoms with Crippen molar-refractivity contribution in [1.82, 2.24) is 0 Å². The molecule has 0 N–H and O–H groups in total. The largest absolute Gasteiger partial charge is 0.411 e. The van der Waals surface area contributed by atoms with Crippen LogP contribution in [0.25, 0.3) is 11.1 Å². The van der Waals surface area contributed by atoms with Gasteiger partial charge in [-0.1, -0.05) is 60.7 Å². The summed E-state index contributed by atoms with van der Waals surface area (Å²) in [6.07, 6.45) is 3.11. The van der Waals surface area contributed by atoms with E-state index in [4.69, 9.17) is 9.47 Å². The number of rotatable bonds is 2. The fourth-order valence-electron chi connectivity index (χ4n) is 2.74. The molecular formula is C19H12O4. The highest BCUT2D eigenvalue weighted by molar-refractivity contribution is 6.22. The monoisotopic (exact) mass is 304 g/mol. The molecule has 0 radical (unpaired) electrons. The Morgan fingerprint density at radius 1 is 0.609 bits per heavy atom. The minimum atomic E-state index is -1.44. The molecule has 0 saturated carbocycles. The first-order valence-electron chi connectivity index (χ1n) is 7.20. The first kappa shape index (κ1) is 13.5. The van der Waals surface area contributed by atoms with Crippen molar-refractivity contribution in [1.29, 1.82) is 0 Å². The van der Waals surface area contributed by atoms with E-state index in [0.717, 1.165) is 11.1 Å². The number of benzene rings is 2. The Morgan fingerprint density at radius 2 is 1.00 bits per heavy atom. The molecular weight excluding hydrogens is 292 g/mol. The molecule has 0 aliphatic carbocycles. The van der Waals surface area contributed by atoms with Gasteiger partial charge in [0.1, 0.15) is 0 Å². The minimum absolute atomic E-state index is 0.393. The quantitative estimate of drug-likeness (QED) is 0.800. The number of esters is 2. The predicted octanol–water partition coefficient (Wildman–Crippen LogP) is 2.96. The summed E-state index contributed by atoms with van der Waals surface area (Å²) in [6, 6.07) is 18.3. The van der Waals surface area contributed by atoms with Crippen molar-refractivity contribution >= 4 is 23.1 Å². The third-order valence-electron chi connectivity index (χ3n) is 3.80. The van der Waals surface area contributed by atoms with Gasteiger partial charge in [0.05, 0.1) is 11.1 Å². The highest BCUT2D eigenvalue weighted by atomic mass is 16.7. The molecule has 2 aliphatic rings. The molecule has 2 aromatic rings. The topological polar surface area (TPSA) is 52.6 Å². The van der Waals surface area contributed by atoms with Crippen molar-refractivity contribution < 1.29 is 19.1 Å². The second-order valence-corrected chi connectivity index (χ2v) is 5.35. The van der Waals surface area contributed by atoms with Crippen LogP contribution in [0.4, 0.5) is 0 Å². The van der Waals surface area contributed by atoms with Crippen LogP contribution in [0.5, 0.6) is 0 Å². The lowest BCUT2D eigenvalue weighted by Gasteiger charge is -2.16. The van der Waals surface area contributed by atoms with E-state index in [1.165, 1.54) is 0 Å². The van der Waals surface area contributed by atoms with Crippen LogP contribution in [0, 0.1) is 0 Å². The number of carbonyl (C=O) groups is 2. The average molecular weight is 304 g/mol. The van der Waals surface area contributed by atoms with Gasteiger partial charge in [-0.3, -0.25) is 0 Å². The maximum absolute atomic E-state index is 12.2.